The molecule has 65 heavy (non-hydrogen) atoms. The summed E-state index contributed by atoms with van der Waals surface area (Å²) in [5.74, 6) is -0.314. The number of carbonyl (C=O) groups is 1. The molecule has 0 aliphatic carbocycles. The molecular weight excluding hydrogens is 830 g/mol. The monoisotopic (exact) mass is 935 g/mol. The number of ether oxygens (including phenoxy) is 2. The molecule has 8 nitrogen and oxygen atoms in total. The van der Waals surface area contributed by atoms with Gasteiger partial charge in [0.2, 0.25) is 0 Å². The summed E-state index contributed by atoms with van der Waals surface area (Å²) in [6.07, 6.45) is 62.7. The van der Waals surface area contributed by atoms with Crippen molar-refractivity contribution < 1.29 is 37.3 Å². The second-order valence-electron chi connectivity index (χ2n) is 19.2. The first-order chi connectivity index (χ1) is 31.6. The Morgan fingerprint density at radius 1 is 0.492 bits per heavy atom. The number of phosphoric ester groups is 1. The van der Waals surface area contributed by atoms with Gasteiger partial charge in [0.05, 0.1) is 34.4 Å². The number of allylic oxidation sites excluding steroid dienone is 10. The van der Waals surface area contributed by atoms with E-state index in [0.717, 1.165) is 70.6 Å². The smallest absolute Gasteiger partial charge is 0.457 e. The molecule has 1 N–H and O–H groups in total. The number of carbonyl (C=O) groups excluding carboxylic acids is 1. The van der Waals surface area contributed by atoms with E-state index in [2.05, 4.69) is 74.6 Å². The number of esters is 1. The fourth-order valence-electron chi connectivity index (χ4n) is 7.46. The molecule has 9 heteroatoms. The molecule has 0 spiro atoms. The fourth-order valence-corrected chi connectivity index (χ4v) is 8.21. The number of quaternary nitrogens is 1. The van der Waals surface area contributed by atoms with Gasteiger partial charge >= 0.3 is 13.8 Å². The van der Waals surface area contributed by atoms with Crippen LogP contribution in [-0.2, 0) is 27.9 Å². The van der Waals surface area contributed by atoms with Gasteiger partial charge in [-0.1, -0.05) is 229 Å². The van der Waals surface area contributed by atoms with Crippen molar-refractivity contribution in [1.82, 2.24) is 0 Å². The summed E-state index contributed by atoms with van der Waals surface area (Å²) in [4.78, 5) is 23.0. The third kappa shape index (κ3) is 53.0. The zero-order chi connectivity index (χ0) is 47.6. The maximum Gasteiger partial charge on any atom is 0.472 e. The minimum atomic E-state index is -4.29. The van der Waals surface area contributed by atoms with Gasteiger partial charge in [-0.25, -0.2) is 4.57 Å². The SMILES string of the molecule is CC/C=C\C/C=C\C/C=C\C/C=C\C/C=C\CCCCCCCCCCOCC(COP(=O)(O)OCC[N+](C)(C)C)OC(=O)CCCCCCCCCCCCCCCCCCCCC. The Bertz CT molecular complexity index is 1220. The van der Waals surface area contributed by atoms with Crippen molar-refractivity contribution in [2.24, 2.45) is 0 Å². The molecule has 0 rings (SSSR count). The van der Waals surface area contributed by atoms with E-state index in [-0.39, 0.29) is 25.8 Å². The first-order valence-electron chi connectivity index (χ1n) is 27.0. The van der Waals surface area contributed by atoms with Crippen molar-refractivity contribution in [2.45, 2.75) is 238 Å². The van der Waals surface area contributed by atoms with Crippen molar-refractivity contribution in [2.75, 3.05) is 54.1 Å². The van der Waals surface area contributed by atoms with Gasteiger partial charge in [-0.15, -0.1) is 0 Å². The Balaban J connectivity index is 4.13. The van der Waals surface area contributed by atoms with Crippen LogP contribution >= 0.6 is 7.82 Å². The third-order valence-electron chi connectivity index (χ3n) is 11.6. The molecule has 0 saturated carbocycles. The van der Waals surface area contributed by atoms with E-state index in [1.54, 1.807) is 0 Å². The maximum absolute atomic E-state index is 12.8. The molecule has 0 fully saturated rings. The van der Waals surface area contributed by atoms with Crippen LogP contribution in [0.3, 0.4) is 0 Å². The van der Waals surface area contributed by atoms with Crippen molar-refractivity contribution in [3.63, 3.8) is 0 Å². The lowest BCUT2D eigenvalue weighted by molar-refractivity contribution is -0.870. The van der Waals surface area contributed by atoms with Gasteiger partial charge in [0.1, 0.15) is 19.3 Å². The first-order valence-corrected chi connectivity index (χ1v) is 28.5. The molecule has 2 atom stereocenters. The lowest BCUT2D eigenvalue weighted by atomic mass is 10.0. The van der Waals surface area contributed by atoms with Crippen molar-refractivity contribution in [3.8, 4) is 0 Å². The molecule has 0 aromatic rings. The Morgan fingerprint density at radius 3 is 1.34 bits per heavy atom. The van der Waals surface area contributed by atoms with E-state index in [0.29, 0.717) is 24.1 Å². The molecule has 0 aromatic heterocycles. The fraction of sp³-hybridized carbons (Fsp3) is 0.804. The predicted molar refractivity (Wildman–Crippen MR) is 279 cm³/mol. The zero-order valence-electron chi connectivity index (χ0n) is 43.2. The summed E-state index contributed by atoms with van der Waals surface area (Å²) < 4.78 is 35.2. The maximum atomic E-state index is 12.8. The van der Waals surface area contributed by atoms with Gasteiger partial charge in [-0.3, -0.25) is 13.8 Å². The number of nitrogens with zero attached hydrogens (tertiary/aromatic N) is 1. The Hall–Kier alpha value is -1.80. The largest absolute Gasteiger partial charge is 0.472 e. The Labute approximate surface area is 402 Å². The Morgan fingerprint density at radius 2 is 0.892 bits per heavy atom. The molecule has 0 aromatic carbocycles. The van der Waals surface area contributed by atoms with Crippen LogP contribution in [0.5, 0.6) is 0 Å². The number of unbranched alkanes of at least 4 members (excludes halogenated alkanes) is 26. The summed E-state index contributed by atoms with van der Waals surface area (Å²) in [5, 5.41) is 0. The molecule has 0 aliphatic rings. The van der Waals surface area contributed by atoms with E-state index in [1.807, 2.05) is 21.1 Å². The summed E-state index contributed by atoms with van der Waals surface area (Å²) in [6, 6.07) is 0. The van der Waals surface area contributed by atoms with Crippen molar-refractivity contribution >= 4 is 13.8 Å². The molecular formula is C56H105NO7P+. The summed E-state index contributed by atoms with van der Waals surface area (Å²) in [7, 11) is 1.66. The molecule has 380 valence electrons. The van der Waals surface area contributed by atoms with Gasteiger partial charge in [0.15, 0.2) is 0 Å². The summed E-state index contributed by atoms with van der Waals surface area (Å²) in [5.41, 5.74) is 0. The van der Waals surface area contributed by atoms with Crippen LogP contribution in [0.1, 0.15) is 232 Å². The number of rotatable bonds is 50. The minimum Gasteiger partial charge on any atom is -0.457 e. The number of hydrogen-bond acceptors (Lipinski definition) is 6. The van der Waals surface area contributed by atoms with Crippen LogP contribution in [0, 0.1) is 0 Å². The number of likely N-dealkylation sites (N-methyl/N-ethyl adjacent to an activating group) is 1. The van der Waals surface area contributed by atoms with Gasteiger partial charge < -0.3 is 18.9 Å². The van der Waals surface area contributed by atoms with Gasteiger partial charge in [-0.2, -0.15) is 0 Å². The van der Waals surface area contributed by atoms with E-state index in [1.165, 1.54) is 141 Å². The van der Waals surface area contributed by atoms with Crippen LogP contribution in [0.2, 0.25) is 0 Å². The van der Waals surface area contributed by atoms with Gasteiger partial charge in [-0.05, 0) is 57.8 Å². The van der Waals surface area contributed by atoms with E-state index < -0.39 is 13.9 Å². The highest BCUT2D eigenvalue weighted by Crippen LogP contribution is 2.43. The highest BCUT2D eigenvalue weighted by molar-refractivity contribution is 7.47. The third-order valence-corrected chi connectivity index (χ3v) is 12.6. The highest BCUT2D eigenvalue weighted by atomic mass is 31.2. The predicted octanol–water partition coefficient (Wildman–Crippen LogP) is 16.8. The van der Waals surface area contributed by atoms with E-state index in [9.17, 15) is 14.3 Å². The Kier molecular flexibility index (Phi) is 47.3. The zero-order valence-corrected chi connectivity index (χ0v) is 44.1. The number of phosphoric acid groups is 1. The number of hydrogen-bond donors (Lipinski definition) is 1. The molecule has 0 saturated heterocycles. The average Bonchev–Trinajstić information content (AvgIpc) is 3.27. The van der Waals surface area contributed by atoms with Crippen LogP contribution in [0.15, 0.2) is 60.8 Å². The molecule has 0 radical (unpaired) electrons. The molecule has 0 heterocycles. The second kappa shape index (κ2) is 48.6. The quantitative estimate of drug-likeness (QED) is 0.0214. The first kappa shape index (κ1) is 63.2. The lowest BCUT2D eigenvalue weighted by Crippen LogP contribution is -2.37. The molecule has 0 amide bonds. The van der Waals surface area contributed by atoms with Crippen LogP contribution in [0.4, 0.5) is 0 Å². The molecule has 0 bridgehead atoms. The van der Waals surface area contributed by atoms with Crippen molar-refractivity contribution in [3.05, 3.63) is 60.8 Å². The average molecular weight is 935 g/mol. The summed E-state index contributed by atoms with van der Waals surface area (Å²) in [6.45, 7) is 5.52. The van der Waals surface area contributed by atoms with Crippen LogP contribution in [0.25, 0.3) is 0 Å². The topological polar surface area (TPSA) is 91.3 Å². The van der Waals surface area contributed by atoms with Gasteiger partial charge in [0.25, 0.3) is 0 Å². The van der Waals surface area contributed by atoms with E-state index >= 15 is 0 Å². The summed E-state index contributed by atoms with van der Waals surface area (Å²) >= 11 is 0. The van der Waals surface area contributed by atoms with Crippen molar-refractivity contribution in [1.29, 1.82) is 0 Å². The lowest BCUT2D eigenvalue weighted by Gasteiger charge is -2.24. The minimum absolute atomic E-state index is 0.0860. The molecule has 0 aliphatic heterocycles. The van der Waals surface area contributed by atoms with E-state index in [4.69, 9.17) is 18.5 Å². The normalized spacial score (nSPS) is 14.0. The highest BCUT2D eigenvalue weighted by Gasteiger charge is 2.26. The second-order valence-corrected chi connectivity index (χ2v) is 20.7. The van der Waals surface area contributed by atoms with Gasteiger partial charge in [0, 0.05) is 13.0 Å². The van der Waals surface area contributed by atoms with Crippen LogP contribution < -0.4 is 0 Å². The molecule has 2 unspecified atom stereocenters. The van der Waals surface area contributed by atoms with Crippen LogP contribution in [-0.4, -0.2) is 75.6 Å². The standard InChI is InChI=1S/C56H104NO7P/c1-6-8-10-12-14-16-18-20-22-24-26-27-28-29-30-32-34-36-38-40-42-44-46-48-51-61-53-55(54-63-65(59,60)62-52-50-57(3,4)5)64-56(58)49-47-45-43-41-39-37-35-33-31-25-23-21-19-17-15-13-11-9-7-2/h8,10,14,16,20,22,26-27,29-30,55H,6-7,9,11-13,15,17-19,21,23-25,28,31-54H2,1-5H3/p+1/b10-8-,16-14-,22-20-,27-26-,30-29-.